The number of fused-ring (bicyclic) bond motifs is 1. The first kappa shape index (κ1) is 12.4. The van der Waals surface area contributed by atoms with Gasteiger partial charge in [-0.2, -0.15) is 5.21 Å². The van der Waals surface area contributed by atoms with E-state index in [1.807, 2.05) is 0 Å². The van der Waals surface area contributed by atoms with E-state index in [0.717, 1.165) is 24.2 Å². The smallest absolute Gasteiger partial charge is 0.409 e. The molecule has 0 saturated carbocycles. The van der Waals surface area contributed by atoms with Gasteiger partial charge in [0, 0.05) is 12.1 Å². The molecule has 20 heavy (non-hydrogen) atoms. The van der Waals surface area contributed by atoms with Crippen LogP contribution in [0, 0.1) is 0 Å². The summed E-state index contributed by atoms with van der Waals surface area (Å²) in [4.78, 5) is 10.6. The first-order valence-corrected chi connectivity index (χ1v) is 6.22. The summed E-state index contributed by atoms with van der Waals surface area (Å²) < 4.78 is 5.87. The normalized spacial score (nSPS) is 17.1. The highest BCUT2D eigenvalue weighted by Gasteiger charge is 2.21. The molecule has 2 aromatic rings. The third-order valence-electron chi connectivity index (χ3n) is 3.14. The van der Waals surface area contributed by atoms with Crippen molar-refractivity contribution in [2.75, 3.05) is 5.32 Å². The van der Waals surface area contributed by atoms with Gasteiger partial charge in [0.1, 0.15) is 11.9 Å². The predicted octanol–water partition coefficient (Wildman–Crippen LogP) is 1.23. The third-order valence-corrected chi connectivity index (χ3v) is 3.14. The summed E-state index contributed by atoms with van der Waals surface area (Å²) >= 11 is 0. The highest BCUT2D eigenvalue weighted by molar-refractivity contribution is 5.83. The monoisotopic (exact) mass is 275 g/mol. The van der Waals surface area contributed by atoms with Gasteiger partial charge in [0.25, 0.3) is 0 Å². The van der Waals surface area contributed by atoms with Crippen LogP contribution >= 0.6 is 0 Å². The first-order chi connectivity index (χ1) is 9.70. The molecule has 3 rings (SSSR count). The lowest BCUT2D eigenvalue weighted by Crippen LogP contribution is -2.25. The largest absolute Gasteiger partial charge is 0.490 e. The first-order valence-electron chi connectivity index (χ1n) is 6.22. The second-order valence-corrected chi connectivity index (χ2v) is 4.56. The number of amides is 1. The zero-order valence-corrected chi connectivity index (χ0v) is 10.5. The highest BCUT2D eigenvalue weighted by atomic mass is 16.5. The number of tetrazole rings is 1. The second kappa shape index (κ2) is 5.16. The zero-order chi connectivity index (χ0) is 13.9. The molecule has 0 bridgehead atoms. The summed E-state index contributed by atoms with van der Waals surface area (Å²) in [5.74, 6) is 1.41. The van der Waals surface area contributed by atoms with Crippen LogP contribution in [0.1, 0.15) is 17.8 Å². The number of carboxylic acid groups (broad SMARTS) is 1. The number of nitrogens with one attached hydrogen (secondary N) is 2. The Labute approximate surface area is 114 Å². The molecule has 8 heteroatoms. The van der Waals surface area contributed by atoms with Crippen LogP contribution in [0.2, 0.25) is 0 Å². The molecule has 1 unspecified atom stereocenters. The van der Waals surface area contributed by atoms with Gasteiger partial charge in [0.15, 0.2) is 5.82 Å². The molecule has 3 N–H and O–H groups in total. The third kappa shape index (κ3) is 2.68. The summed E-state index contributed by atoms with van der Waals surface area (Å²) in [5, 5.41) is 24.8. The summed E-state index contributed by atoms with van der Waals surface area (Å²) in [6.45, 7) is 0. The Morgan fingerprint density at radius 3 is 3.20 bits per heavy atom. The number of benzene rings is 1. The molecule has 8 nitrogen and oxygen atoms in total. The summed E-state index contributed by atoms with van der Waals surface area (Å²) in [6.07, 6.45) is 1.20. The Balaban J connectivity index is 1.70. The van der Waals surface area contributed by atoms with Gasteiger partial charge in [-0.3, -0.25) is 5.32 Å². The number of H-pyrrole nitrogens is 1. The van der Waals surface area contributed by atoms with Gasteiger partial charge in [0.05, 0.1) is 0 Å². The van der Waals surface area contributed by atoms with Crippen LogP contribution in [0.25, 0.3) is 0 Å². The fourth-order valence-electron chi connectivity index (χ4n) is 2.26. The van der Waals surface area contributed by atoms with Crippen molar-refractivity contribution in [2.45, 2.75) is 25.4 Å². The van der Waals surface area contributed by atoms with Crippen molar-refractivity contribution in [2.24, 2.45) is 0 Å². The van der Waals surface area contributed by atoms with E-state index in [1.54, 1.807) is 18.2 Å². The molecule has 1 aromatic heterocycles. The molecule has 1 amide bonds. The minimum Gasteiger partial charge on any atom is -0.490 e. The number of ether oxygens (including phenoxy) is 1. The van der Waals surface area contributed by atoms with Crippen molar-refractivity contribution < 1.29 is 14.6 Å². The van der Waals surface area contributed by atoms with Crippen molar-refractivity contribution in [3.8, 4) is 5.75 Å². The van der Waals surface area contributed by atoms with Crippen LogP contribution in [0.4, 0.5) is 10.5 Å². The molecular weight excluding hydrogens is 262 g/mol. The fraction of sp³-hybridized carbons (Fsp3) is 0.333. The van der Waals surface area contributed by atoms with Crippen LogP contribution in [0.3, 0.4) is 0 Å². The minimum atomic E-state index is -1.07. The lowest BCUT2D eigenvalue weighted by atomic mass is 10.00. The molecule has 104 valence electrons. The maximum Gasteiger partial charge on any atom is 0.409 e. The number of aryl methyl sites for hydroxylation is 1. The minimum absolute atomic E-state index is 0.0124. The molecule has 1 aliphatic rings. The standard InChI is InChI=1S/C12H13N5O3/c18-12(19)13-8-2-4-10-7(5-8)1-3-9(20-10)6-11-14-16-17-15-11/h2,4-5,9,13H,1,3,6H2,(H,18,19)(H,14,15,16,17). The van der Waals surface area contributed by atoms with E-state index in [-0.39, 0.29) is 6.10 Å². The van der Waals surface area contributed by atoms with Crippen LogP contribution < -0.4 is 10.1 Å². The average Bonchev–Trinajstić information content (AvgIpc) is 2.91. The molecule has 0 spiro atoms. The molecule has 0 fully saturated rings. The van der Waals surface area contributed by atoms with Crippen molar-refractivity contribution in [1.82, 2.24) is 20.6 Å². The Hall–Kier alpha value is -2.64. The molecule has 1 aromatic carbocycles. The molecular formula is C12H13N5O3. The number of anilines is 1. The van der Waals surface area contributed by atoms with Crippen LogP contribution in [-0.4, -0.2) is 37.9 Å². The SMILES string of the molecule is O=C(O)Nc1ccc2c(c1)CCC(Cc1nn[nH]n1)O2. The van der Waals surface area contributed by atoms with Gasteiger partial charge in [-0.25, -0.2) is 4.79 Å². The van der Waals surface area contributed by atoms with E-state index < -0.39 is 6.09 Å². The van der Waals surface area contributed by atoms with Crippen LogP contribution in [0.15, 0.2) is 18.2 Å². The number of hydrogen-bond donors (Lipinski definition) is 3. The van der Waals surface area contributed by atoms with Crippen LogP contribution in [-0.2, 0) is 12.8 Å². The molecule has 0 aliphatic carbocycles. The quantitative estimate of drug-likeness (QED) is 0.776. The number of aromatic amines is 1. The van der Waals surface area contributed by atoms with E-state index in [1.165, 1.54) is 0 Å². The maximum atomic E-state index is 10.6. The number of hydrogen-bond acceptors (Lipinski definition) is 5. The lowest BCUT2D eigenvalue weighted by molar-refractivity contribution is 0.171. The topological polar surface area (TPSA) is 113 Å². The van der Waals surface area contributed by atoms with Crippen molar-refractivity contribution in [3.05, 3.63) is 29.6 Å². The van der Waals surface area contributed by atoms with Gasteiger partial charge < -0.3 is 9.84 Å². The number of nitrogens with zero attached hydrogens (tertiary/aromatic N) is 3. The van der Waals surface area contributed by atoms with E-state index in [4.69, 9.17) is 9.84 Å². The molecule has 0 radical (unpaired) electrons. The van der Waals surface area contributed by atoms with E-state index in [2.05, 4.69) is 25.9 Å². The van der Waals surface area contributed by atoms with E-state index >= 15 is 0 Å². The number of carbonyl (C=O) groups is 1. The molecule has 0 saturated heterocycles. The van der Waals surface area contributed by atoms with Gasteiger partial charge in [-0.15, -0.1) is 10.2 Å². The van der Waals surface area contributed by atoms with E-state index in [9.17, 15) is 4.79 Å². The Morgan fingerprint density at radius 1 is 1.55 bits per heavy atom. The summed E-state index contributed by atoms with van der Waals surface area (Å²) in [7, 11) is 0. The van der Waals surface area contributed by atoms with Gasteiger partial charge >= 0.3 is 6.09 Å². The zero-order valence-electron chi connectivity index (χ0n) is 10.5. The van der Waals surface area contributed by atoms with Crippen molar-refractivity contribution >= 4 is 11.8 Å². The highest BCUT2D eigenvalue weighted by Crippen LogP contribution is 2.30. The van der Waals surface area contributed by atoms with E-state index in [0.29, 0.717) is 17.9 Å². The van der Waals surface area contributed by atoms with Crippen molar-refractivity contribution in [3.63, 3.8) is 0 Å². The lowest BCUT2D eigenvalue weighted by Gasteiger charge is -2.25. The Bertz CT molecular complexity index is 614. The van der Waals surface area contributed by atoms with Crippen molar-refractivity contribution in [1.29, 1.82) is 0 Å². The molecule has 2 heterocycles. The Kier molecular flexibility index (Phi) is 3.20. The second-order valence-electron chi connectivity index (χ2n) is 4.56. The summed E-state index contributed by atoms with van der Waals surface area (Å²) in [5.41, 5.74) is 1.55. The van der Waals surface area contributed by atoms with Gasteiger partial charge in [0.2, 0.25) is 0 Å². The maximum absolute atomic E-state index is 10.6. The average molecular weight is 275 g/mol. The number of rotatable bonds is 3. The predicted molar refractivity (Wildman–Crippen MR) is 68.7 cm³/mol. The molecule has 1 aliphatic heterocycles. The molecule has 1 atom stereocenters. The fourth-order valence-corrected chi connectivity index (χ4v) is 2.26. The Morgan fingerprint density at radius 2 is 2.45 bits per heavy atom. The number of aromatic nitrogens is 4. The summed E-state index contributed by atoms with van der Waals surface area (Å²) in [6, 6.07) is 5.26. The van der Waals surface area contributed by atoms with Gasteiger partial charge in [-0.1, -0.05) is 5.21 Å². The van der Waals surface area contributed by atoms with Gasteiger partial charge in [-0.05, 0) is 36.6 Å². The van der Waals surface area contributed by atoms with Crippen LogP contribution in [0.5, 0.6) is 5.75 Å².